The second-order valence-corrected chi connectivity index (χ2v) is 7.91. The lowest BCUT2D eigenvalue weighted by Crippen LogP contribution is -2.44. The third-order valence-electron chi connectivity index (χ3n) is 5.10. The molecule has 158 valence electrons. The lowest BCUT2D eigenvalue weighted by atomic mass is 9.97. The second kappa shape index (κ2) is 9.15. The molecule has 0 aliphatic carbocycles. The van der Waals surface area contributed by atoms with E-state index in [2.05, 4.69) is 10.4 Å². The van der Waals surface area contributed by atoms with Crippen molar-refractivity contribution in [1.29, 1.82) is 0 Å². The van der Waals surface area contributed by atoms with Gasteiger partial charge in [0.15, 0.2) is 0 Å². The van der Waals surface area contributed by atoms with E-state index in [1.54, 1.807) is 18.2 Å². The van der Waals surface area contributed by atoms with Crippen LogP contribution in [0.15, 0.2) is 59.7 Å². The molecule has 0 radical (unpaired) electrons. The molecule has 1 amide bonds. The Morgan fingerprint density at radius 2 is 1.90 bits per heavy atom. The SMILES string of the molecule is CC(C)(CO)NCCC(=O)N1N=C(c2ccccc2)CC1c1ccccc1[N+](=O)[O-]. The molecule has 30 heavy (non-hydrogen) atoms. The number of hydrogen-bond acceptors (Lipinski definition) is 6. The number of aliphatic hydroxyl groups is 1. The first-order valence-corrected chi connectivity index (χ1v) is 9.86. The molecule has 2 N–H and O–H groups in total. The molecule has 8 nitrogen and oxygen atoms in total. The van der Waals surface area contributed by atoms with Gasteiger partial charge in [0, 0.05) is 31.0 Å². The number of carbonyl (C=O) groups is 1. The average Bonchev–Trinajstić information content (AvgIpc) is 3.19. The van der Waals surface area contributed by atoms with Crippen LogP contribution < -0.4 is 5.32 Å². The van der Waals surface area contributed by atoms with E-state index in [-0.39, 0.29) is 24.6 Å². The normalized spacial score (nSPS) is 16.4. The number of aliphatic hydroxyl groups excluding tert-OH is 1. The average molecular weight is 410 g/mol. The minimum atomic E-state index is -0.542. The Morgan fingerprint density at radius 3 is 2.57 bits per heavy atom. The molecule has 0 saturated carbocycles. The minimum absolute atomic E-state index is 0.0237. The number of nitrogens with zero attached hydrogens (tertiary/aromatic N) is 3. The van der Waals surface area contributed by atoms with Crippen molar-refractivity contribution < 1.29 is 14.8 Å². The molecule has 0 bridgehead atoms. The summed E-state index contributed by atoms with van der Waals surface area (Å²) < 4.78 is 0. The highest BCUT2D eigenvalue weighted by Crippen LogP contribution is 2.37. The molecule has 0 saturated heterocycles. The Kier molecular flexibility index (Phi) is 6.59. The third kappa shape index (κ3) is 4.90. The van der Waals surface area contributed by atoms with Gasteiger partial charge in [-0.05, 0) is 25.5 Å². The highest BCUT2D eigenvalue weighted by Gasteiger charge is 2.36. The summed E-state index contributed by atoms with van der Waals surface area (Å²) in [4.78, 5) is 24.1. The van der Waals surface area contributed by atoms with Crippen LogP contribution in [-0.2, 0) is 4.79 Å². The largest absolute Gasteiger partial charge is 0.394 e. The molecule has 1 aliphatic heterocycles. The third-order valence-corrected chi connectivity index (χ3v) is 5.10. The van der Waals surface area contributed by atoms with Crippen LogP contribution in [0.5, 0.6) is 0 Å². The molecule has 1 heterocycles. The summed E-state index contributed by atoms with van der Waals surface area (Å²) in [5.74, 6) is -0.231. The summed E-state index contributed by atoms with van der Waals surface area (Å²) in [6.07, 6.45) is 0.558. The summed E-state index contributed by atoms with van der Waals surface area (Å²) in [6.45, 7) is 3.99. The van der Waals surface area contributed by atoms with E-state index in [0.717, 1.165) is 11.3 Å². The Balaban J connectivity index is 1.88. The zero-order valence-corrected chi connectivity index (χ0v) is 17.1. The molecule has 8 heteroatoms. The Morgan fingerprint density at radius 1 is 1.23 bits per heavy atom. The zero-order chi connectivity index (χ0) is 21.7. The highest BCUT2D eigenvalue weighted by molar-refractivity contribution is 6.03. The van der Waals surface area contributed by atoms with Crippen LogP contribution in [0, 0.1) is 10.1 Å². The van der Waals surface area contributed by atoms with E-state index in [9.17, 15) is 20.0 Å². The second-order valence-electron chi connectivity index (χ2n) is 7.91. The molecule has 0 spiro atoms. The molecule has 0 aromatic heterocycles. The molecular weight excluding hydrogens is 384 g/mol. The number of nitrogens with one attached hydrogen (secondary N) is 1. The summed E-state index contributed by atoms with van der Waals surface area (Å²) in [5, 5.41) is 30.0. The molecule has 1 unspecified atom stereocenters. The van der Waals surface area contributed by atoms with Crippen molar-refractivity contribution >= 4 is 17.3 Å². The van der Waals surface area contributed by atoms with Crippen molar-refractivity contribution in [3.8, 4) is 0 Å². The maximum absolute atomic E-state index is 13.0. The number of rotatable bonds is 8. The van der Waals surface area contributed by atoms with Gasteiger partial charge in [0.1, 0.15) is 0 Å². The fourth-order valence-corrected chi connectivity index (χ4v) is 3.40. The minimum Gasteiger partial charge on any atom is -0.394 e. The zero-order valence-electron chi connectivity index (χ0n) is 17.1. The number of carbonyl (C=O) groups excluding carboxylic acids is 1. The van der Waals surface area contributed by atoms with Crippen LogP contribution in [0.1, 0.15) is 43.9 Å². The van der Waals surface area contributed by atoms with Crippen LogP contribution in [0.2, 0.25) is 0 Å². The number of benzene rings is 2. The number of para-hydroxylation sites is 1. The first-order chi connectivity index (χ1) is 14.3. The van der Waals surface area contributed by atoms with Gasteiger partial charge in [-0.2, -0.15) is 5.10 Å². The van der Waals surface area contributed by atoms with Crippen LogP contribution in [0.25, 0.3) is 0 Å². The molecule has 3 rings (SSSR count). The number of nitro benzene ring substituents is 1. The van der Waals surface area contributed by atoms with Crippen LogP contribution in [-0.4, -0.2) is 45.3 Å². The predicted molar refractivity (Wildman–Crippen MR) is 114 cm³/mol. The maximum Gasteiger partial charge on any atom is 0.274 e. The smallest absolute Gasteiger partial charge is 0.274 e. The van der Waals surface area contributed by atoms with Gasteiger partial charge < -0.3 is 10.4 Å². The topological polar surface area (TPSA) is 108 Å². The summed E-state index contributed by atoms with van der Waals surface area (Å²) in [5.41, 5.74) is 1.55. The van der Waals surface area contributed by atoms with Crippen LogP contribution >= 0.6 is 0 Å². The van der Waals surface area contributed by atoms with Gasteiger partial charge in [0.25, 0.3) is 5.69 Å². The van der Waals surface area contributed by atoms with Crippen LogP contribution in [0.3, 0.4) is 0 Å². The quantitative estimate of drug-likeness (QED) is 0.514. The van der Waals surface area contributed by atoms with Gasteiger partial charge >= 0.3 is 0 Å². The molecule has 1 aliphatic rings. The molecule has 0 fully saturated rings. The van der Waals surface area contributed by atoms with E-state index < -0.39 is 16.5 Å². The molecule has 1 atom stereocenters. The summed E-state index contributed by atoms with van der Waals surface area (Å²) in [7, 11) is 0. The van der Waals surface area contributed by atoms with E-state index in [1.165, 1.54) is 11.1 Å². The van der Waals surface area contributed by atoms with Crippen molar-refractivity contribution in [3.05, 3.63) is 75.8 Å². The number of amides is 1. The van der Waals surface area contributed by atoms with Crippen molar-refractivity contribution in [1.82, 2.24) is 10.3 Å². The first-order valence-electron chi connectivity index (χ1n) is 9.86. The fraction of sp³-hybridized carbons (Fsp3) is 0.364. The van der Waals surface area contributed by atoms with Crippen molar-refractivity contribution in [2.45, 2.75) is 38.3 Å². The highest BCUT2D eigenvalue weighted by atomic mass is 16.6. The Bertz CT molecular complexity index is 943. The fourth-order valence-electron chi connectivity index (χ4n) is 3.40. The number of hydrogen-bond donors (Lipinski definition) is 2. The van der Waals surface area contributed by atoms with Crippen molar-refractivity contribution in [2.24, 2.45) is 5.10 Å². The van der Waals surface area contributed by atoms with E-state index >= 15 is 0 Å². The lowest BCUT2D eigenvalue weighted by Gasteiger charge is -2.25. The van der Waals surface area contributed by atoms with E-state index in [0.29, 0.717) is 18.5 Å². The predicted octanol–water partition coefficient (Wildman–Crippen LogP) is 3.02. The van der Waals surface area contributed by atoms with Gasteiger partial charge in [-0.15, -0.1) is 0 Å². The van der Waals surface area contributed by atoms with Gasteiger partial charge in [0.05, 0.1) is 28.8 Å². The summed E-state index contributed by atoms with van der Waals surface area (Å²) >= 11 is 0. The number of nitro groups is 1. The standard InChI is InChI=1S/C22H26N4O4/c1-22(2,15-27)23-13-12-21(28)25-20(17-10-6-7-11-19(17)26(29)30)14-18(24-25)16-8-4-3-5-9-16/h3-11,20,23,27H,12-15H2,1-2H3. The van der Waals surface area contributed by atoms with Gasteiger partial charge in [-0.1, -0.05) is 42.5 Å². The van der Waals surface area contributed by atoms with Crippen LogP contribution in [0.4, 0.5) is 5.69 Å². The molecule has 2 aromatic rings. The van der Waals surface area contributed by atoms with Crippen molar-refractivity contribution in [3.63, 3.8) is 0 Å². The van der Waals surface area contributed by atoms with Gasteiger partial charge in [-0.3, -0.25) is 14.9 Å². The maximum atomic E-state index is 13.0. The Labute approximate surface area is 175 Å². The van der Waals surface area contributed by atoms with Gasteiger partial charge in [0.2, 0.25) is 5.91 Å². The van der Waals surface area contributed by atoms with Gasteiger partial charge in [-0.25, -0.2) is 5.01 Å². The molecular formula is C22H26N4O4. The van der Waals surface area contributed by atoms with E-state index in [4.69, 9.17) is 0 Å². The molecule has 2 aromatic carbocycles. The summed E-state index contributed by atoms with van der Waals surface area (Å²) in [6, 6.07) is 15.4. The Hall–Kier alpha value is -3.10. The first kappa shape index (κ1) is 21.6. The van der Waals surface area contributed by atoms with Crippen molar-refractivity contribution in [2.75, 3.05) is 13.2 Å². The monoisotopic (exact) mass is 410 g/mol. The lowest BCUT2D eigenvalue weighted by molar-refractivity contribution is -0.385. The van der Waals surface area contributed by atoms with E-state index in [1.807, 2.05) is 44.2 Å². The number of hydrazone groups is 1.